The average molecular weight is 474 g/mol. The van der Waals surface area contributed by atoms with Crippen LogP contribution in [0.5, 0.6) is 5.75 Å². The van der Waals surface area contributed by atoms with Gasteiger partial charge in [-0.3, -0.25) is 4.79 Å². The van der Waals surface area contributed by atoms with E-state index in [1.54, 1.807) is 49.6 Å². The van der Waals surface area contributed by atoms with Crippen LogP contribution < -0.4 is 30.9 Å². The number of piperidine rings is 1. The Morgan fingerprint density at radius 2 is 1.83 bits per heavy atom. The fraction of sp³-hybridized carbons (Fsp3) is 0.269. The first-order chi connectivity index (χ1) is 16.9. The number of methoxy groups -OCH3 is 1. The van der Waals surface area contributed by atoms with Gasteiger partial charge in [-0.15, -0.1) is 0 Å². The number of nitrogens with zero attached hydrogens (tertiary/aromatic N) is 2. The highest BCUT2D eigenvalue weighted by molar-refractivity contribution is 6.03. The normalized spacial score (nSPS) is 18.4. The smallest absolute Gasteiger partial charge is 0.323 e. The first kappa shape index (κ1) is 22.5. The van der Waals surface area contributed by atoms with E-state index >= 15 is 0 Å². The van der Waals surface area contributed by atoms with Crippen molar-refractivity contribution in [3.63, 3.8) is 0 Å². The van der Waals surface area contributed by atoms with E-state index in [0.717, 1.165) is 17.8 Å². The molecule has 5 rings (SSSR count). The molecule has 180 valence electrons. The summed E-state index contributed by atoms with van der Waals surface area (Å²) in [6, 6.07) is 16.4. The van der Waals surface area contributed by atoms with E-state index in [4.69, 9.17) is 4.74 Å². The van der Waals surface area contributed by atoms with Crippen molar-refractivity contribution in [1.29, 1.82) is 0 Å². The zero-order valence-corrected chi connectivity index (χ0v) is 19.2. The minimum absolute atomic E-state index is 0.0144. The van der Waals surface area contributed by atoms with Crippen molar-refractivity contribution in [3.8, 4) is 5.75 Å². The number of nitrogens with one attached hydrogen (secondary N) is 2. The van der Waals surface area contributed by atoms with Crippen LogP contribution in [0, 0.1) is 5.92 Å². The van der Waals surface area contributed by atoms with Gasteiger partial charge < -0.3 is 34.7 Å². The van der Waals surface area contributed by atoms with Crippen LogP contribution in [0.4, 0.5) is 21.9 Å². The first-order valence-electron chi connectivity index (χ1n) is 11.4. The Kier molecular flexibility index (Phi) is 5.90. The number of aromatic nitrogens is 1. The number of benzene rings is 2. The molecule has 1 saturated heterocycles. The van der Waals surface area contributed by atoms with Gasteiger partial charge in [-0.2, -0.15) is 0 Å². The maximum atomic E-state index is 12.8. The third kappa shape index (κ3) is 4.57. The highest BCUT2D eigenvalue weighted by atomic mass is 16.5. The molecule has 0 spiro atoms. The van der Waals surface area contributed by atoms with E-state index in [9.17, 15) is 19.5 Å². The quantitative estimate of drug-likeness (QED) is 0.588. The summed E-state index contributed by atoms with van der Waals surface area (Å²) in [6.45, 7) is 1.98. The molecule has 0 radical (unpaired) electrons. The molecule has 0 saturated carbocycles. The number of amides is 2. The number of fused-ring (bicyclic) bond motifs is 4. The number of anilines is 3. The third-order valence-electron chi connectivity index (χ3n) is 6.63. The SMILES string of the molecule is COc1cccc(NC(=O)Nc2cc(C(=O)[O-])ccc2N2CC3CC(C2)c2cccc(=O)n2C3)c1. The van der Waals surface area contributed by atoms with E-state index in [2.05, 4.69) is 15.5 Å². The number of carbonyl (C=O) groups is 2. The molecule has 2 N–H and O–H groups in total. The molecule has 2 aromatic carbocycles. The second kappa shape index (κ2) is 9.17. The van der Waals surface area contributed by atoms with Crippen LogP contribution in [0.15, 0.2) is 65.5 Å². The average Bonchev–Trinajstić information content (AvgIpc) is 2.84. The molecule has 2 aliphatic rings. The zero-order chi connectivity index (χ0) is 24.5. The van der Waals surface area contributed by atoms with Crippen LogP contribution in [0.2, 0.25) is 0 Å². The number of ether oxygens (including phenoxy) is 1. The van der Waals surface area contributed by atoms with Crippen LogP contribution in [-0.2, 0) is 6.54 Å². The lowest BCUT2D eigenvalue weighted by Gasteiger charge is -2.44. The van der Waals surface area contributed by atoms with E-state index in [0.29, 0.717) is 36.8 Å². The largest absolute Gasteiger partial charge is 0.545 e. The summed E-state index contributed by atoms with van der Waals surface area (Å²) in [5.41, 5.74) is 2.62. The van der Waals surface area contributed by atoms with E-state index in [1.165, 1.54) is 12.1 Å². The summed E-state index contributed by atoms with van der Waals surface area (Å²) in [5.74, 6) is -0.297. The van der Waals surface area contributed by atoms with Crippen molar-refractivity contribution < 1.29 is 19.4 Å². The first-order valence-corrected chi connectivity index (χ1v) is 11.4. The molecule has 2 atom stereocenters. The van der Waals surface area contributed by atoms with Gasteiger partial charge in [0.05, 0.1) is 24.5 Å². The molecule has 9 nitrogen and oxygen atoms in total. The second-order valence-electron chi connectivity index (χ2n) is 8.93. The molecular weight excluding hydrogens is 448 g/mol. The minimum Gasteiger partial charge on any atom is -0.545 e. The highest BCUT2D eigenvalue weighted by Crippen LogP contribution is 2.39. The molecule has 9 heteroatoms. The summed E-state index contributed by atoms with van der Waals surface area (Å²) < 4.78 is 7.05. The van der Waals surface area contributed by atoms with Gasteiger partial charge in [0.1, 0.15) is 5.75 Å². The number of carboxylic acids is 1. The van der Waals surface area contributed by atoms with Crippen molar-refractivity contribution in [2.24, 2.45) is 5.92 Å². The van der Waals surface area contributed by atoms with E-state index in [-0.39, 0.29) is 23.0 Å². The maximum absolute atomic E-state index is 12.8. The Morgan fingerprint density at radius 1 is 1.00 bits per heavy atom. The number of hydrogen-bond acceptors (Lipinski definition) is 6. The van der Waals surface area contributed by atoms with Gasteiger partial charge in [0, 0.05) is 49.1 Å². The molecule has 2 amide bonds. The standard InChI is InChI=1S/C26H26N4O5/c1-35-20-5-2-4-19(12-20)27-26(34)28-21-11-17(25(32)33)8-9-23(21)29-13-16-10-18(15-29)22-6-3-7-24(31)30(22)14-16/h2-9,11-12,16,18H,10,13-15H2,1H3,(H,32,33)(H2,27,28,34)/p-1. The van der Waals surface area contributed by atoms with Crippen LogP contribution in [0.1, 0.15) is 28.4 Å². The van der Waals surface area contributed by atoms with Gasteiger partial charge in [-0.1, -0.05) is 18.2 Å². The lowest BCUT2D eigenvalue weighted by molar-refractivity contribution is -0.255. The summed E-state index contributed by atoms with van der Waals surface area (Å²) in [7, 11) is 1.54. The van der Waals surface area contributed by atoms with Crippen molar-refractivity contribution in [2.45, 2.75) is 18.9 Å². The number of aromatic carboxylic acids is 1. The van der Waals surface area contributed by atoms with Gasteiger partial charge in [-0.05, 0) is 48.2 Å². The molecule has 0 aliphatic carbocycles. The van der Waals surface area contributed by atoms with Crippen molar-refractivity contribution in [3.05, 3.63) is 82.3 Å². The van der Waals surface area contributed by atoms with Crippen molar-refractivity contribution in [1.82, 2.24) is 4.57 Å². The topological polar surface area (TPSA) is 116 Å². The number of hydrogen-bond donors (Lipinski definition) is 2. The Hall–Kier alpha value is -4.27. The molecule has 3 heterocycles. The molecule has 2 unspecified atom stereocenters. The Bertz CT molecular complexity index is 1350. The van der Waals surface area contributed by atoms with Gasteiger partial charge in [0.15, 0.2) is 0 Å². The van der Waals surface area contributed by atoms with Gasteiger partial charge in [0.2, 0.25) is 0 Å². The highest BCUT2D eigenvalue weighted by Gasteiger charge is 2.35. The molecule has 2 aliphatic heterocycles. The number of rotatable bonds is 5. The molecular formula is C26H25N4O5-. The molecule has 3 aromatic rings. The molecule has 1 aromatic heterocycles. The number of urea groups is 1. The Balaban J connectivity index is 1.42. The summed E-state index contributed by atoms with van der Waals surface area (Å²) >= 11 is 0. The van der Waals surface area contributed by atoms with E-state index < -0.39 is 12.0 Å². The lowest BCUT2D eigenvalue weighted by atomic mass is 9.83. The lowest BCUT2D eigenvalue weighted by Crippen LogP contribution is -2.47. The number of carbonyl (C=O) groups excluding carboxylic acids is 2. The van der Waals surface area contributed by atoms with Gasteiger partial charge >= 0.3 is 6.03 Å². The third-order valence-corrected chi connectivity index (χ3v) is 6.63. The molecule has 2 bridgehead atoms. The molecule has 35 heavy (non-hydrogen) atoms. The van der Waals surface area contributed by atoms with Gasteiger partial charge in [0.25, 0.3) is 5.56 Å². The predicted octanol–water partition coefficient (Wildman–Crippen LogP) is 2.49. The monoisotopic (exact) mass is 473 g/mol. The van der Waals surface area contributed by atoms with Crippen molar-refractivity contribution >= 4 is 29.1 Å². The zero-order valence-electron chi connectivity index (χ0n) is 19.2. The summed E-state index contributed by atoms with van der Waals surface area (Å²) in [4.78, 5) is 38.8. The maximum Gasteiger partial charge on any atom is 0.323 e. The van der Waals surface area contributed by atoms with Crippen LogP contribution in [0.3, 0.4) is 0 Å². The summed E-state index contributed by atoms with van der Waals surface area (Å²) in [5, 5.41) is 17.1. The summed E-state index contributed by atoms with van der Waals surface area (Å²) in [6.07, 6.45) is 0.982. The Morgan fingerprint density at radius 3 is 2.63 bits per heavy atom. The number of carboxylic acid groups (broad SMARTS) is 1. The van der Waals surface area contributed by atoms with Crippen LogP contribution in [-0.4, -0.2) is 36.8 Å². The number of pyridine rings is 1. The minimum atomic E-state index is -1.32. The van der Waals surface area contributed by atoms with Crippen LogP contribution >= 0.6 is 0 Å². The van der Waals surface area contributed by atoms with E-state index in [1.807, 2.05) is 10.6 Å². The second-order valence-corrected chi connectivity index (χ2v) is 8.93. The van der Waals surface area contributed by atoms with Crippen LogP contribution in [0.25, 0.3) is 0 Å². The van der Waals surface area contributed by atoms with Crippen molar-refractivity contribution in [2.75, 3.05) is 35.7 Å². The predicted molar refractivity (Wildman–Crippen MR) is 130 cm³/mol. The van der Waals surface area contributed by atoms with Gasteiger partial charge in [-0.25, -0.2) is 4.79 Å². The Labute approximate surface area is 201 Å². The fourth-order valence-electron chi connectivity index (χ4n) is 5.12. The fourth-order valence-corrected chi connectivity index (χ4v) is 5.12. The molecule has 1 fully saturated rings.